The molecule has 0 amide bonds. The zero-order valence-corrected chi connectivity index (χ0v) is 9.89. The summed E-state index contributed by atoms with van der Waals surface area (Å²) in [6, 6.07) is 4.61. The monoisotopic (exact) mass is 252 g/mol. The average molecular weight is 253 g/mol. The van der Waals surface area contributed by atoms with Gasteiger partial charge in [-0.2, -0.15) is 0 Å². The third-order valence-electron chi connectivity index (χ3n) is 2.52. The normalized spacial score (nSPS) is 12.4. The van der Waals surface area contributed by atoms with Gasteiger partial charge in [0.25, 0.3) is 0 Å². The summed E-state index contributed by atoms with van der Waals surface area (Å²) in [5.74, 6) is -0.431. The maximum atomic E-state index is 13.2. The van der Waals surface area contributed by atoms with Crippen LogP contribution in [0.15, 0.2) is 29.5 Å². The topological polar surface area (TPSA) is 53.7 Å². The lowest BCUT2D eigenvalue weighted by Crippen LogP contribution is -2.08. The first-order valence-electron chi connectivity index (χ1n) is 5.10. The maximum Gasteiger partial charge on any atom is 0.142 e. The molecule has 0 aliphatic carbocycles. The summed E-state index contributed by atoms with van der Waals surface area (Å²) in [5, 5.41) is 4.47. The van der Waals surface area contributed by atoms with Gasteiger partial charge in [-0.1, -0.05) is 23.6 Å². The van der Waals surface area contributed by atoms with E-state index in [0.717, 1.165) is 10.9 Å². The van der Waals surface area contributed by atoms with Crippen LogP contribution < -0.4 is 0 Å². The van der Waals surface area contributed by atoms with E-state index >= 15 is 0 Å². The predicted molar refractivity (Wildman–Crippen MR) is 65.5 cm³/mol. The zero-order valence-electron chi connectivity index (χ0n) is 9.14. The minimum Gasteiger partial charge on any atom is -0.347 e. The van der Waals surface area contributed by atoms with E-state index in [0.29, 0.717) is 6.54 Å². The largest absolute Gasteiger partial charge is 0.347 e. The summed E-state index contributed by atoms with van der Waals surface area (Å²) in [6.07, 6.45) is 1.82. The molecule has 1 aromatic heterocycles. The van der Waals surface area contributed by atoms with Gasteiger partial charge in [-0.3, -0.25) is 0 Å². The summed E-state index contributed by atoms with van der Waals surface area (Å²) in [6.45, 7) is 2.35. The van der Waals surface area contributed by atoms with Gasteiger partial charge in [0.15, 0.2) is 0 Å². The molecule has 0 radical (unpaired) electrons. The first kappa shape index (κ1) is 11.8. The van der Waals surface area contributed by atoms with Crippen molar-refractivity contribution in [3.05, 3.63) is 45.7 Å². The highest BCUT2D eigenvalue weighted by Gasteiger charge is 2.08. The van der Waals surface area contributed by atoms with Crippen molar-refractivity contribution in [3.63, 3.8) is 0 Å². The Kier molecular flexibility index (Phi) is 3.22. The van der Waals surface area contributed by atoms with Crippen molar-refractivity contribution in [1.29, 1.82) is 0 Å². The van der Waals surface area contributed by atoms with Crippen molar-refractivity contribution in [1.82, 2.24) is 4.57 Å². The number of fused-ring (bicyclic) bond motifs is 1. The van der Waals surface area contributed by atoms with Crippen molar-refractivity contribution in [2.24, 2.45) is 5.11 Å². The highest BCUT2D eigenvalue weighted by atomic mass is 35.5. The van der Waals surface area contributed by atoms with E-state index in [-0.39, 0.29) is 11.1 Å². The smallest absolute Gasteiger partial charge is 0.142 e. The fourth-order valence-corrected chi connectivity index (χ4v) is 1.91. The molecule has 0 N–H and O–H groups in total. The van der Waals surface area contributed by atoms with Crippen molar-refractivity contribution < 1.29 is 4.39 Å². The van der Waals surface area contributed by atoms with Gasteiger partial charge in [0.2, 0.25) is 0 Å². The summed E-state index contributed by atoms with van der Waals surface area (Å²) in [5.41, 5.74) is 9.17. The highest BCUT2D eigenvalue weighted by Crippen LogP contribution is 2.24. The number of hydrogen-bond donors (Lipinski definition) is 0. The molecule has 1 atom stereocenters. The van der Waals surface area contributed by atoms with Crippen molar-refractivity contribution in [2.45, 2.75) is 19.5 Å². The Bertz CT molecular complexity index is 601. The van der Waals surface area contributed by atoms with Crippen LogP contribution in [-0.4, -0.2) is 10.6 Å². The minimum absolute atomic E-state index is 0.0916. The Morgan fingerprint density at radius 3 is 3.06 bits per heavy atom. The molecule has 0 aliphatic heterocycles. The molecule has 17 heavy (non-hydrogen) atoms. The molecule has 0 saturated carbocycles. The van der Waals surface area contributed by atoms with Gasteiger partial charge in [0.05, 0.1) is 11.1 Å². The number of rotatable bonds is 3. The van der Waals surface area contributed by atoms with Crippen LogP contribution >= 0.6 is 11.6 Å². The quantitative estimate of drug-likeness (QED) is 0.448. The SMILES string of the molecule is C[C@H](Cn1ccc2cc(F)c(Cl)cc21)N=[N+]=[N-]. The third-order valence-corrected chi connectivity index (χ3v) is 2.81. The third kappa shape index (κ3) is 2.35. The number of azide groups is 1. The summed E-state index contributed by atoms with van der Waals surface area (Å²) < 4.78 is 15.1. The van der Waals surface area contributed by atoms with E-state index in [1.165, 1.54) is 6.07 Å². The lowest BCUT2D eigenvalue weighted by molar-refractivity contribution is 0.601. The summed E-state index contributed by atoms with van der Waals surface area (Å²) in [7, 11) is 0. The Hall–Kier alpha value is -1.71. The molecule has 2 aromatic rings. The number of nitrogens with zero attached hydrogens (tertiary/aromatic N) is 4. The molecule has 88 valence electrons. The Morgan fingerprint density at radius 2 is 2.35 bits per heavy atom. The first-order chi connectivity index (χ1) is 8.11. The van der Waals surface area contributed by atoms with E-state index in [1.54, 1.807) is 12.1 Å². The average Bonchev–Trinajstić information content (AvgIpc) is 2.63. The van der Waals surface area contributed by atoms with E-state index in [9.17, 15) is 4.39 Å². The number of aromatic nitrogens is 1. The number of benzene rings is 1. The van der Waals surface area contributed by atoms with E-state index < -0.39 is 5.82 Å². The fourth-order valence-electron chi connectivity index (χ4n) is 1.75. The molecule has 6 heteroatoms. The van der Waals surface area contributed by atoms with Crippen LogP contribution in [-0.2, 0) is 6.54 Å². The van der Waals surface area contributed by atoms with Crippen LogP contribution in [0, 0.1) is 5.82 Å². The second-order valence-corrected chi connectivity index (χ2v) is 4.25. The van der Waals surface area contributed by atoms with Gasteiger partial charge >= 0.3 is 0 Å². The molecule has 1 heterocycles. The van der Waals surface area contributed by atoms with E-state index in [4.69, 9.17) is 17.1 Å². The molecular formula is C11H10ClFN4. The van der Waals surface area contributed by atoms with Crippen molar-refractivity contribution in [3.8, 4) is 0 Å². The molecule has 0 bridgehead atoms. The lowest BCUT2D eigenvalue weighted by atomic mass is 10.2. The molecule has 0 unspecified atom stereocenters. The van der Waals surface area contributed by atoms with Gasteiger partial charge in [-0.15, -0.1) is 0 Å². The van der Waals surface area contributed by atoms with E-state index in [1.807, 2.05) is 17.7 Å². The lowest BCUT2D eigenvalue weighted by Gasteiger charge is -2.08. The Morgan fingerprint density at radius 1 is 1.59 bits per heavy atom. The van der Waals surface area contributed by atoms with Gasteiger partial charge in [-0.05, 0) is 23.7 Å². The predicted octanol–water partition coefficient (Wildman–Crippen LogP) is 4.13. The van der Waals surface area contributed by atoms with Crippen LogP contribution in [0.2, 0.25) is 5.02 Å². The Labute approximate surface area is 102 Å². The maximum absolute atomic E-state index is 13.2. The van der Waals surface area contributed by atoms with Crippen LogP contribution in [0.25, 0.3) is 21.3 Å². The summed E-state index contributed by atoms with van der Waals surface area (Å²) >= 11 is 5.74. The fraction of sp³-hybridized carbons (Fsp3) is 0.273. The molecule has 0 saturated heterocycles. The van der Waals surface area contributed by atoms with Gasteiger partial charge in [0, 0.05) is 28.6 Å². The Balaban J connectivity index is 2.42. The molecule has 2 rings (SSSR count). The van der Waals surface area contributed by atoms with Gasteiger partial charge in [0.1, 0.15) is 5.82 Å². The molecule has 4 nitrogen and oxygen atoms in total. The van der Waals surface area contributed by atoms with Gasteiger partial charge < -0.3 is 4.57 Å². The highest BCUT2D eigenvalue weighted by molar-refractivity contribution is 6.31. The van der Waals surface area contributed by atoms with Crippen LogP contribution in [0.3, 0.4) is 0 Å². The van der Waals surface area contributed by atoms with Gasteiger partial charge in [-0.25, -0.2) is 4.39 Å². The number of hydrogen-bond acceptors (Lipinski definition) is 1. The second-order valence-electron chi connectivity index (χ2n) is 3.85. The molecule has 0 fully saturated rings. The van der Waals surface area contributed by atoms with Crippen molar-refractivity contribution >= 4 is 22.5 Å². The second kappa shape index (κ2) is 4.65. The summed E-state index contributed by atoms with van der Waals surface area (Å²) in [4.78, 5) is 2.75. The molecule has 1 aromatic carbocycles. The van der Waals surface area contributed by atoms with Crippen LogP contribution in [0.1, 0.15) is 6.92 Å². The molecule has 0 spiro atoms. The molecule has 0 aliphatic rings. The number of halogens is 2. The minimum atomic E-state index is -0.431. The van der Waals surface area contributed by atoms with E-state index in [2.05, 4.69) is 10.0 Å². The van der Waals surface area contributed by atoms with Crippen LogP contribution in [0.4, 0.5) is 4.39 Å². The van der Waals surface area contributed by atoms with Crippen molar-refractivity contribution in [2.75, 3.05) is 0 Å². The standard InChI is InChI=1S/C11H10ClFN4/c1-7(15-16-14)6-17-3-2-8-4-10(13)9(12)5-11(8)17/h2-5,7H,6H2,1H3/t7-/m1/s1. The van der Waals surface area contributed by atoms with Crippen LogP contribution in [0.5, 0.6) is 0 Å². The first-order valence-corrected chi connectivity index (χ1v) is 5.47. The molecular weight excluding hydrogens is 243 g/mol. The zero-order chi connectivity index (χ0) is 12.4.